The smallest absolute Gasteiger partial charge is 0.0603 e. The fourth-order valence-electron chi connectivity index (χ4n) is 6.72. The summed E-state index contributed by atoms with van der Waals surface area (Å²) >= 11 is 6.30. The van der Waals surface area contributed by atoms with E-state index in [9.17, 15) is 5.11 Å². The first kappa shape index (κ1) is 19.5. The Hall–Kier alpha value is 0.170. The van der Waals surface area contributed by atoms with Gasteiger partial charge in [0, 0.05) is 29.4 Å². The molecule has 0 bridgehead atoms. The third kappa shape index (κ3) is 4.11. The van der Waals surface area contributed by atoms with Crippen molar-refractivity contribution < 1.29 is 5.11 Å². The first-order valence-electron chi connectivity index (χ1n) is 11.2. The van der Waals surface area contributed by atoms with Gasteiger partial charge in [-0.15, -0.1) is 11.6 Å². The maximum Gasteiger partial charge on any atom is 0.0603 e. The molecule has 0 aromatic rings. The van der Waals surface area contributed by atoms with Crippen molar-refractivity contribution in [2.24, 2.45) is 23.2 Å². The Labute approximate surface area is 165 Å². The van der Waals surface area contributed by atoms with Crippen LogP contribution in [0.25, 0.3) is 0 Å². The molecule has 4 aliphatic rings. The number of hydrogen-bond acceptors (Lipinski definition) is 3. The van der Waals surface area contributed by atoms with E-state index in [2.05, 4.69) is 24.5 Å². The Kier molecular flexibility index (Phi) is 5.91. The molecule has 4 heteroatoms. The van der Waals surface area contributed by atoms with E-state index in [1.165, 1.54) is 57.8 Å². The summed E-state index contributed by atoms with van der Waals surface area (Å²) in [6.45, 7) is 5.78. The van der Waals surface area contributed by atoms with Crippen LogP contribution in [-0.4, -0.2) is 41.3 Å². The summed E-state index contributed by atoms with van der Waals surface area (Å²) in [7, 11) is 0. The second-order valence-electron chi connectivity index (χ2n) is 10.6. The van der Waals surface area contributed by atoms with Gasteiger partial charge >= 0.3 is 0 Å². The van der Waals surface area contributed by atoms with Crippen LogP contribution in [0.3, 0.4) is 0 Å². The zero-order valence-electron chi connectivity index (χ0n) is 16.7. The van der Waals surface area contributed by atoms with Crippen LogP contribution in [0.5, 0.6) is 0 Å². The number of fused-ring (bicyclic) bond motifs is 2. The number of hydrogen-bond donors (Lipinski definition) is 3. The molecule has 0 spiro atoms. The number of piperidine rings is 1. The molecular formula is C22H39ClN2O. The number of aliphatic hydroxyl groups excluding tert-OH is 1. The third-order valence-corrected chi connectivity index (χ3v) is 8.42. The molecule has 4 rings (SSSR count). The molecule has 6 atom stereocenters. The summed E-state index contributed by atoms with van der Waals surface area (Å²) in [6.07, 6.45) is 12.2. The fraction of sp³-hybridized carbons (Fsp3) is 1.00. The molecule has 3 N–H and O–H groups in total. The Morgan fingerprint density at radius 3 is 2.50 bits per heavy atom. The molecule has 1 heterocycles. The molecule has 3 aliphatic carbocycles. The lowest BCUT2D eigenvalue weighted by Gasteiger charge is -2.56. The molecule has 1 aliphatic heterocycles. The van der Waals surface area contributed by atoms with Crippen molar-refractivity contribution in [2.75, 3.05) is 6.54 Å². The normalized spacial score (nSPS) is 48.5. The first-order chi connectivity index (χ1) is 12.4. The van der Waals surface area contributed by atoms with Gasteiger partial charge in [-0.05, 0) is 75.2 Å². The van der Waals surface area contributed by atoms with Crippen LogP contribution in [-0.2, 0) is 0 Å². The standard InChI is InChI=1S/C22H39ClN2O/c1-22(2)11-18-20(19(26)12-22)21(16-5-3-4-6-17(16)25-18)24-13-14-7-9-15(23)10-8-14/h14-21,24-26H,3-13H2,1-2H3/t14?,15?,16?,17?,18?,19-,20?,21?/m1/s1. The van der Waals surface area contributed by atoms with Crippen LogP contribution in [0.1, 0.15) is 78.1 Å². The lowest BCUT2D eigenvalue weighted by Crippen LogP contribution is -2.69. The van der Waals surface area contributed by atoms with Gasteiger partial charge < -0.3 is 15.7 Å². The van der Waals surface area contributed by atoms with Crippen molar-refractivity contribution in [3.8, 4) is 0 Å². The van der Waals surface area contributed by atoms with E-state index in [4.69, 9.17) is 11.6 Å². The van der Waals surface area contributed by atoms with Gasteiger partial charge in [0.2, 0.25) is 0 Å². The summed E-state index contributed by atoms with van der Waals surface area (Å²) in [5.41, 5.74) is 0.248. The van der Waals surface area contributed by atoms with E-state index < -0.39 is 0 Å². The van der Waals surface area contributed by atoms with Crippen LogP contribution >= 0.6 is 11.6 Å². The Bertz CT molecular complexity index is 477. The number of alkyl halides is 1. The largest absolute Gasteiger partial charge is 0.393 e. The molecule has 3 saturated carbocycles. The highest BCUT2D eigenvalue weighted by Crippen LogP contribution is 2.46. The Morgan fingerprint density at radius 2 is 1.73 bits per heavy atom. The van der Waals surface area contributed by atoms with Crippen LogP contribution in [0.2, 0.25) is 0 Å². The highest BCUT2D eigenvalue weighted by atomic mass is 35.5. The first-order valence-corrected chi connectivity index (χ1v) is 11.7. The molecule has 3 nitrogen and oxygen atoms in total. The molecule has 0 aromatic heterocycles. The summed E-state index contributed by atoms with van der Waals surface area (Å²) in [6, 6.07) is 1.62. The van der Waals surface area contributed by atoms with Crippen LogP contribution in [0, 0.1) is 23.2 Å². The molecule has 1 saturated heterocycles. The van der Waals surface area contributed by atoms with Gasteiger partial charge in [-0.2, -0.15) is 0 Å². The summed E-state index contributed by atoms with van der Waals surface area (Å²) < 4.78 is 0. The van der Waals surface area contributed by atoms with Crippen molar-refractivity contribution in [2.45, 2.75) is 108 Å². The van der Waals surface area contributed by atoms with Gasteiger partial charge in [0.25, 0.3) is 0 Å². The van der Waals surface area contributed by atoms with E-state index in [1.54, 1.807) is 0 Å². The summed E-state index contributed by atoms with van der Waals surface area (Å²) in [5, 5.41) is 19.5. The second-order valence-corrected chi connectivity index (χ2v) is 11.2. The molecule has 4 fully saturated rings. The molecule has 26 heavy (non-hydrogen) atoms. The van der Waals surface area contributed by atoms with Crippen molar-refractivity contribution in [3.63, 3.8) is 0 Å². The van der Waals surface area contributed by atoms with Crippen LogP contribution < -0.4 is 10.6 Å². The zero-order chi connectivity index (χ0) is 18.3. The van der Waals surface area contributed by atoms with Crippen molar-refractivity contribution in [3.05, 3.63) is 0 Å². The van der Waals surface area contributed by atoms with Gasteiger partial charge in [-0.1, -0.05) is 26.7 Å². The van der Waals surface area contributed by atoms with E-state index in [1.807, 2.05) is 0 Å². The van der Waals surface area contributed by atoms with Crippen molar-refractivity contribution in [1.29, 1.82) is 0 Å². The van der Waals surface area contributed by atoms with E-state index in [-0.39, 0.29) is 11.5 Å². The minimum atomic E-state index is -0.171. The molecule has 150 valence electrons. The van der Waals surface area contributed by atoms with Crippen LogP contribution in [0.4, 0.5) is 0 Å². The number of rotatable bonds is 3. The summed E-state index contributed by atoms with van der Waals surface area (Å²) in [5.74, 6) is 1.86. The minimum Gasteiger partial charge on any atom is -0.393 e. The SMILES string of the molecule is CC1(C)CC2NC3CCCCC3C(NCC3CCC(Cl)CC3)C2[C@H](O)C1. The molecule has 0 amide bonds. The monoisotopic (exact) mass is 382 g/mol. The van der Waals surface area contributed by atoms with Gasteiger partial charge in [0.1, 0.15) is 0 Å². The Morgan fingerprint density at radius 1 is 1.00 bits per heavy atom. The lowest BCUT2D eigenvalue weighted by atomic mass is 9.60. The lowest BCUT2D eigenvalue weighted by molar-refractivity contribution is -0.0669. The maximum atomic E-state index is 11.1. The fourth-order valence-corrected chi connectivity index (χ4v) is 6.97. The van der Waals surface area contributed by atoms with E-state index >= 15 is 0 Å². The Balaban J connectivity index is 1.47. The number of halogens is 1. The topological polar surface area (TPSA) is 44.3 Å². The van der Waals surface area contributed by atoms with Gasteiger partial charge in [-0.3, -0.25) is 0 Å². The molecule has 0 aromatic carbocycles. The van der Waals surface area contributed by atoms with Crippen LogP contribution in [0.15, 0.2) is 0 Å². The highest BCUT2D eigenvalue weighted by Gasteiger charge is 2.51. The quantitative estimate of drug-likeness (QED) is 0.644. The predicted molar refractivity (Wildman–Crippen MR) is 109 cm³/mol. The molecular weight excluding hydrogens is 344 g/mol. The van der Waals surface area contributed by atoms with Gasteiger partial charge in [-0.25, -0.2) is 0 Å². The van der Waals surface area contributed by atoms with Crippen molar-refractivity contribution in [1.82, 2.24) is 10.6 Å². The molecule has 0 radical (unpaired) electrons. The highest BCUT2D eigenvalue weighted by molar-refractivity contribution is 6.20. The average molecular weight is 383 g/mol. The van der Waals surface area contributed by atoms with E-state index in [0.717, 1.165) is 18.9 Å². The van der Waals surface area contributed by atoms with Gasteiger partial charge in [0.15, 0.2) is 0 Å². The second kappa shape index (κ2) is 7.89. The third-order valence-electron chi connectivity index (χ3n) is 7.99. The predicted octanol–water partition coefficient (Wildman–Crippen LogP) is 4.07. The average Bonchev–Trinajstić information content (AvgIpc) is 2.59. The molecule has 5 unspecified atom stereocenters. The minimum absolute atomic E-state index is 0.171. The van der Waals surface area contributed by atoms with E-state index in [0.29, 0.717) is 35.3 Å². The zero-order valence-corrected chi connectivity index (χ0v) is 17.5. The van der Waals surface area contributed by atoms with Gasteiger partial charge in [0.05, 0.1) is 6.10 Å². The van der Waals surface area contributed by atoms with Crippen molar-refractivity contribution >= 4 is 11.6 Å². The maximum absolute atomic E-state index is 11.1. The number of aliphatic hydroxyl groups is 1. The number of nitrogens with one attached hydrogen (secondary N) is 2. The summed E-state index contributed by atoms with van der Waals surface area (Å²) in [4.78, 5) is 0.